The van der Waals surface area contributed by atoms with Crippen LogP contribution in [-0.4, -0.2) is 36.8 Å². The number of hydrogen-bond acceptors (Lipinski definition) is 5. The van der Waals surface area contributed by atoms with Gasteiger partial charge in [0.05, 0.1) is 5.71 Å². The van der Waals surface area contributed by atoms with Crippen molar-refractivity contribution in [2.45, 2.75) is 12.5 Å². The molecule has 7 heteroatoms. The minimum Gasteiger partial charge on any atom is -0.393 e. The number of rotatable bonds is 4. The van der Waals surface area contributed by atoms with Crippen molar-refractivity contribution in [2.75, 3.05) is 13.6 Å². The van der Waals surface area contributed by atoms with Crippen LogP contribution < -0.4 is 21.7 Å². The van der Waals surface area contributed by atoms with Gasteiger partial charge in [0, 0.05) is 26.0 Å². The molecule has 5 N–H and O–H groups in total. The summed E-state index contributed by atoms with van der Waals surface area (Å²) < 4.78 is 0. The topological polar surface area (TPSA) is 109 Å². The highest BCUT2D eigenvalue weighted by atomic mass is 16.2. The molecule has 0 bridgehead atoms. The average Bonchev–Trinajstić information content (AvgIpc) is 2.54. The van der Waals surface area contributed by atoms with Gasteiger partial charge >= 0.3 is 6.03 Å². The number of carbonyl (C=O) groups excluding carboxylic acids is 2. The first-order chi connectivity index (χ1) is 7.56. The van der Waals surface area contributed by atoms with Crippen LogP contribution in [0.2, 0.25) is 0 Å². The first-order valence-corrected chi connectivity index (χ1v) is 4.77. The van der Waals surface area contributed by atoms with E-state index in [1.807, 2.05) is 0 Å². The maximum absolute atomic E-state index is 11.6. The van der Waals surface area contributed by atoms with Crippen molar-refractivity contribution in [1.29, 1.82) is 0 Å². The van der Waals surface area contributed by atoms with Crippen LogP contribution in [0.4, 0.5) is 4.79 Å². The molecule has 0 aliphatic carbocycles. The van der Waals surface area contributed by atoms with Crippen LogP contribution in [0, 0.1) is 0 Å². The number of carbonyl (C=O) groups is 2. The van der Waals surface area contributed by atoms with Crippen molar-refractivity contribution >= 4 is 17.6 Å². The van der Waals surface area contributed by atoms with Crippen molar-refractivity contribution in [2.24, 2.45) is 10.7 Å². The normalized spacial score (nSPS) is 25.8. The Kier molecular flexibility index (Phi) is 3.62. The van der Waals surface area contributed by atoms with Crippen LogP contribution in [0.3, 0.4) is 0 Å². The van der Waals surface area contributed by atoms with Crippen molar-refractivity contribution in [3.8, 4) is 0 Å². The van der Waals surface area contributed by atoms with Gasteiger partial charge in [-0.05, 0) is 6.92 Å². The summed E-state index contributed by atoms with van der Waals surface area (Å²) in [5.41, 5.74) is 4.74. The smallest absolute Gasteiger partial charge is 0.322 e. The minimum absolute atomic E-state index is 0.0344. The van der Waals surface area contributed by atoms with E-state index in [-0.39, 0.29) is 6.54 Å². The van der Waals surface area contributed by atoms with Gasteiger partial charge in [-0.3, -0.25) is 15.1 Å². The van der Waals surface area contributed by atoms with Gasteiger partial charge < -0.3 is 16.4 Å². The number of nitrogens with zero attached hydrogens (tertiary/aromatic N) is 1. The number of nitrogens with two attached hydrogens (primary N) is 1. The Balaban J connectivity index is 2.97. The summed E-state index contributed by atoms with van der Waals surface area (Å²) in [6.07, 6.45) is 3.09. The number of aliphatic imine (C=N–C) groups is 1. The van der Waals surface area contributed by atoms with E-state index in [0.717, 1.165) is 0 Å². The second-order valence-corrected chi connectivity index (χ2v) is 3.34. The van der Waals surface area contributed by atoms with E-state index in [4.69, 9.17) is 5.73 Å². The van der Waals surface area contributed by atoms with Crippen LogP contribution in [0.1, 0.15) is 6.92 Å². The lowest BCUT2D eigenvalue weighted by Crippen LogP contribution is -2.58. The molecule has 1 atom stereocenters. The van der Waals surface area contributed by atoms with Crippen molar-refractivity contribution < 1.29 is 9.59 Å². The lowest BCUT2D eigenvalue weighted by molar-refractivity contribution is -0.121. The van der Waals surface area contributed by atoms with Crippen LogP contribution in [-0.2, 0) is 4.79 Å². The molecule has 0 aromatic rings. The summed E-state index contributed by atoms with van der Waals surface area (Å²) in [5, 5.41) is 7.38. The van der Waals surface area contributed by atoms with Gasteiger partial charge in [0.2, 0.25) is 0 Å². The standard InChI is InChI=1S/C9H15N5O2/c1-6(12-4-3-11-2)9(5-10)7(15)13-8(16)14-9/h3-4,11H,5,10H2,1-2H3,(H2,13,14,15,16)/b4-3-,12-6+. The van der Waals surface area contributed by atoms with Crippen LogP contribution in [0.15, 0.2) is 17.4 Å². The SMILES string of the molecule is CN/C=C\N=C(/C)C1(CN)NC(=O)NC1=O. The Labute approximate surface area is 93.2 Å². The minimum atomic E-state index is -1.23. The van der Waals surface area contributed by atoms with Crippen LogP contribution in [0.5, 0.6) is 0 Å². The summed E-state index contributed by atoms with van der Waals surface area (Å²) in [7, 11) is 1.73. The van der Waals surface area contributed by atoms with E-state index >= 15 is 0 Å². The number of urea groups is 1. The molecule has 1 aliphatic rings. The van der Waals surface area contributed by atoms with Crippen LogP contribution >= 0.6 is 0 Å². The van der Waals surface area contributed by atoms with Crippen molar-refractivity contribution in [1.82, 2.24) is 16.0 Å². The highest BCUT2D eigenvalue weighted by Gasteiger charge is 2.47. The maximum atomic E-state index is 11.6. The molecule has 1 fully saturated rings. The molecular formula is C9H15N5O2. The first-order valence-electron chi connectivity index (χ1n) is 4.77. The van der Waals surface area contributed by atoms with E-state index in [1.54, 1.807) is 20.2 Å². The lowest BCUT2D eigenvalue weighted by Gasteiger charge is -2.23. The zero-order valence-electron chi connectivity index (χ0n) is 9.20. The second-order valence-electron chi connectivity index (χ2n) is 3.34. The molecule has 0 saturated carbocycles. The molecule has 88 valence electrons. The molecule has 0 spiro atoms. The fraction of sp³-hybridized carbons (Fsp3) is 0.444. The van der Waals surface area contributed by atoms with Gasteiger partial charge in [-0.2, -0.15) is 0 Å². The molecule has 0 aromatic heterocycles. The maximum Gasteiger partial charge on any atom is 0.322 e. The zero-order chi connectivity index (χ0) is 12.2. The summed E-state index contributed by atoms with van der Waals surface area (Å²) >= 11 is 0. The number of imide groups is 1. The molecule has 1 heterocycles. The number of nitrogens with one attached hydrogen (secondary N) is 3. The highest BCUT2D eigenvalue weighted by molar-refractivity contribution is 6.22. The molecule has 0 radical (unpaired) electrons. The molecule has 16 heavy (non-hydrogen) atoms. The predicted octanol–water partition coefficient (Wildman–Crippen LogP) is -1.33. The summed E-state index contributed by atoms with van der Waals surface area (Å²) in [5.74, 6) is -0.473. The fourth-order valence-corrected chi connectivity index (χ4v) is 1.37. The Bertz CT molecular complexity index is 363. The largest absolute Gasteiger partial charge is 0.393 e. The molecular weight excluding hydrogens is 210 g/mol. The molecule has 7 nitrogen and oxygen atoms in total. The lowest BCUT2D eigenvalue weighted by atomic mass is 9.94. The summed E-state index contributed by atoms with van der Waals surface area (Å²) in [6, 6.07) is -0.553. The molecule has 1 rings (SSSR count). The van der Waals surface area contributed by atoms with Gasteiger partial charge in [0.1, 0.15) is 0 Å². The Hall–Kier alpha value is -1.89. The zero-order valence-corrected chi connectivity index (χ0v) is 9.20. The average molecular weight is 225 g/mol. The molecule has 1 aliphatic heterocycles. The van der Waals surface area contributed by atoms with E-state index in [0.29, 0.717) is 5.71 Å². The third-order valence-corrected chi connectivity index (χ3v) is 2.37. The third-order valence-electron chi connectivity index (χ3n) is 2.37. The Morgan fingerprint density at radius 1 is 1.62 bits per heavy atom. The van der Waals surface area contributed by atoms with Gasteiger partial charge in [0.25, 0.3) is 5.91 Å². The van der Waals surface area contributed by atoms with Crippen molar-refractivity contribution in [3.05, 3.63) is 12.4 Å². The molecule has 0 aromatic carbocycles. The van der Waals surface area contributed by atoms with E-state index in [9.17, 15) is 9.59 Å². The molecule has 1 unspecified atom stereocenters. The molecule has 1 saturated heterocycles. The van der Waals surface area contributed by atoms with Gasteiger partial charge in [0.15, 0.2) is 5.54 Å². The first kappa shape index (κ1) is 12.2. The van der Waals surface area contributed by atoms with E-state index < -0.39 is 17.5 Å². The van der Waals surface area contributed by atoms with Gasteiger partial charge in [-0.15, -0.1) is 0 Å². The third kappa shape index (κ3) is 2.03. The fourth-order valence-electron chi connectivity index (χ4n) is 1.37. The monoisotopic (exact) mass is 225 g/mol. The number of amides is 3. The van der Waals surface area contributed by atoms with E-state index in [1.165, 1.54) is 6.20 Å². The highest BCUT2D eigenvalue weighted by Crippen LogP contribution is 2.11. The predicted molar refractivity (Wildman–Crippen MR) is 59.8 cm³/mol. The molecule has 3 amide bonds. The van der Waals surface area contributed by atoms with E-state index in [2.05, 4.69) is 20.9 Å². The Morgan fingerprint density at radius 2 is 2.31 bits per heavy atom. The van der Waals surface area contributed by atoms with Crippen molar-refractivity contribution in [3.63, 3.8) is 0 Å². The second kappa shape index (κ2) is 4.75. The quantitative estimate of drug-likeness (QED) is 0.351. The van der Waals surface area contributed by atoms with Gasteiger partial charge in [-0.25, -0.2) is 4.79 Å². The van der Waals surface area contributed by atoms with Crippen LogP contribution in [0.25, 0.3) is 0 Å². The Morgan fingerprint density at radius 3 is 2.75 bits per heavy atom. The van der Waals surface area contributed by atoms with Gasteiger partial charge in [-0.1, -0.05) is 0 Å². The summed E-state index contributed by atoms with van der Waals surface area (Å²) in [6.45, 7) is 1.60. The number of hydrogen-bond donors (Lipinski definition) is 4. The summed E-state index contributed by atoms with van der Waals surface area (Å²) in [4.78, 5) is 26.7.